The summed E-state index contributed by atoms with van der Waals surface area (Å²) in [6.07, 6.45) is 0.0483. The van der Waals surface area contributed by atoms with E-state index < -0.39 is 5.97 Å². The molecule has 6 nitrogen and oxygen atoms in total. The number of ether oxygens (including phenoxy) is 1. The number of carbonyl (C=O) groups excluding carboxylic acids is 1. The Balaban J connectivity index is 1.38. The van der Waals surface area contributed by atoms with Crippen molar-refractivity contribution < 1.29 is 18.6 Å². The first kappa shape index (κ1) is 14.6. The van der Waals surface area contributed by atoms with Gasteiger partial charge in [-0.3, -0.25) is 4.79 Å². The van der Waals surface area contributed by atoms with E-state index in [0.717, 1.165) is 10.3 Å². The van der Waals surface area contributed by atoms with Crippen LogP contribution in [-0.4, -0.2) is 16.3 Å². The van der Waals surface area contributed by atoms with Crippen LogP contribution in [0.2, 0.25) is 0 Å². The second-order valence-electron chi connectivity index (χ2n) is 5.12. The van der Waals surface area contributed by atoms with Gasteiger partial charge < -0.3 is 13.8 Å². The van der Waals surface area contributed by atoms with Gasteiger partial charge in [-0.1, -0.05) is 28.5 Å². The number of nitrogens with zero attached hydrogens (tertiary/aromatic N) is 2. The third-order valence-corrected chi connectivity index (χ3v) is 4.35. The minimum Gasteiger partial charge on any atom is -0.459 e. The molecule has 0 saturated carbocycles. The van der Waals surface area contributed by atoms with Gasteiger partial charge in [0.15, 0.2) is 11.3 Å². The van der Waals surface area contributed by atoms with Gasteiger partial charge in [-0.25, -0.2) is 0 Å². The predicted octanol–water partition coefficient (Wildman–Crippen LogP) is 3.83. The Bertz CT molecular complexity index is 971. The van der Waals surface area contributed by atoms with Gasteiger partial charge in [0, 0.05) is 11.5 Å². The highest BCUT2D eigenvalue weighted by Crippen LogP contribution is 2.25. The fourth-order valence-electron chi connectivity index (χ4n) is 2.32. The quantitative estimate of drug-likeness (QED) is 0.514. The molecule has 0 unspecified atom stereocenters. The summed E-state index contributed by atoms with van der Waals surface area (Å²) in [4.78, 5) is 13.0. The molecule has 0 atom stereocenters. The van der Waals surface area contributed by atoms with Gasteiger partial charge in [-0.15, -0.1) is 11.3 Å². The standard InChI is InChI=1S/C17H12N2O4S/c20-17(9-13-12-4-1-2-5-14(12)22-19-13)21-10-11-8-15(23-18-11)16-6-3-7-24-16/h1-8H,9-10H2. The van der Waals surface area contributed by atoms with E-state index in [1.807, 2.05) is 35.7 Å². The van der Waals surface area contributed by atoms with Crippen LogP contribution in [0.4, 0.5) is 0 Å². The number of aromatic nitrogens is 2. The maximum absolute atomic E-state index is 12.0. The third-order valence-electron chi connectivity index (χ3n) is 3.47. The van der Waals surface area contributed by atoms with Gasteiger partial charge in [0.1, 0.15) is 18.0 Å². The molecule has 0 saturated heterocycles. The van der Waals surface area contributed by atoms with Crippen molar-refractivity contribution in [3.8, 4) is 10.6 Å². The Morgan fingerprint density at radius 1 is 1.12 bits per heavy atom. The van der Waals surface area contributed by atoms with Gasteiger partial charge in [0.25, 0.3) is 0 Å². The Hall–Kier alpha value is -2.93. The fraction of sp³-hybridized carbons (Fsp3) is 0.118. The first-order chi connectivity index (χ1) is 11.8. The SMILES string of the molecule is O=C(Cc1noc2ccccc12)OCc1cc(-c2cccs2)on1. The van der Waals surface area contributed by atoms with Crippen LogP contribution in [0.15, 0.2) is 56.9 Å². The van der Waals surface area contributed by atoms with Crippen LogP contribution in [0.25, 0.3) is 21.6 Å². The summed E-state index contributed by atoms with van der Waals surface area (Å²) in [5.74, 6) is 0.272. The number of hydrogen-bond donors (Lipinski definition) is 0. The molecular weight excluding hydrogens is 328 g/mol. The molecular formula is C17H12N2O4S. The lowest BCUT2D eigenvalue weighted by Gasteiger charge is -2.00. The maximum atomic E-state index is 12.0. The van der Waals surface area contributed by atoms with Crippen LogP contribution in [0.5, 0.6) is 0 Å². The molecule has 0 bridgehead atoms. The highest BCUT2D eigenvalue weighted by atomic mass is 32.1. The van der Waals surface area contributed by atoms with Gasteiger partial charge in [0.2, 0.25) is 0 Å². The zero-order valence-electron chi connectivity index (χ0n) is 12.5. The van der Waals surface area contributed by atoms with Crippen LogP contribution in [0.1, 0.15) is 11.4 Å². The van der Waals surface area contributed by atoms with E-state index in [1.54, 1.807) is 23.5 Å². The summed E-state index contributed by atoms with van der Waals surface area (Å²) in [6.45, 7) is 0.0590. The van der Waals surface area contributed by atoms with Crippen molar-refractivity contribution in [1.29, 1.82) is 0 Å². The van der Waals surface area contributed by atoms with Crippen molar-refractivity contribution in [3.63, 3.8) is 0 Å². The summed E-state index contributed by atoms with van der Waals surface area (Å²) >= 11 is 1.56. The zero-order chi connectivity index (χ0) is 16.4. The van der Waals surface area contributed by atoms with Gasteiger partial charge in [-0.2, -0.15) is 0 Å². The highest BCUT2D eigenvalue weighted by Gasteiger charge is 2.14. The van der Waals surface area contributed by atoms with E-state index in [-0.39, 0.29) is 13.0 Å². The van der Waals surface area contributed by atoms with Crippen LogP contribution >= 0.6 is 11.3 Å². The molecule has 120 valence electrons. The molecule has 4 rings (SSSR count). The number of benzene rings is 1. The molecule has 24 heavy (non-hydrogen) atoms. The molecule has 0 N–H and O–H groups in total. The summed E-state index contributed by atoms with van der Waals surface area (Å²) in [5, 5.41) is 10.6. The van der Waals surface area contributed by atoms with Gasteiger partial charge in [-0.05, 0) is 23.6 Å². The molecule has 0 aliphatic rings. The molecule has 0 radical (unpaired) electrons. The lowest BCUT2D eigenvalue weighted by atomic mass is 10.2. The smallest absolute Gasteiger partial charge is 0.312 e. The van der Waals surface area contributed by atoms with Crippen molar-refractivity contribution in [2.24, 2.45) is 0 Å². The molecule has 0 spiro atoms. The number of esters is 1. The second-order valence-corrected chi connectivity index (χ2v) is 6.07. The van der Waals surface area contributed by atoms with Crippen molar-refractivity contribution >= 4 is 28.3 Å². The van der Waals surface area contributed by atoms with E-state index >= 15 is 0 Å². The largest absolute Gasteiger partial charge is 0.459 e. The molecule has 0 aliphatic heterocycles. The Morgan fingerprint density at radius 2 is 2.04 bits per heavy atom. The number of fused-ring (bicyclic) bond motifs is 1. The van der Waals surface area contributed by atoms with Crippen molar-refractivity contribution in [2.75, 3.05) is 0 Å². The van der Waals surface area contributed by atoms with E-state index in [9.17, 15) is 4.79 Å². The zero-order valence-corrected chi connectivity index (χ0v) is 13.3. The molecule has 4 aromatic rings. The number of hydrogen-bond acceptors (Lipinski definition) is 7. The Morgan fingerprint density at radius 3 is 2.92 bits per heavy atom. The first-order valence-corrected chi connectivity index (χ1v) is 8.16. The van der Waals surface area contributed by atoms with Crippen LogP contribution < -0.4 is 0 Å². The normalized spacial score (nSPS) is 11.0. The lowest BCUT2D eigenvalue weighted by molar-refractivity contribution is -0.144. The molecule has 0 amide bonds. The number of carbonyl (C=O) groups is 1. The Kier molecular flexibility index (Phi) is 3.84. The monoisotopic (exact) mass is 340 g/mol. The van der Waals surface area contributed by atoms with E-state index in [0.29, 0.717) is 22.7 Å². The second kappa shape index (κ2) is 6.29. The van der Waals surface area contributed by atoms with Crippen LogP contribution in [0.3, 0.4) is 0 Å². The number of rotatable bonds is 5. The average Bonchev–Trinajstić information content (AvgIpc) is 3.34. The summed E-state index contributed by atoms with van der Waals surface area (Å²) in [6, 6.07) is 13.0. The van der Waals surface area contributed by atoms with Gasteiger partial charge >= 0.3 is 5.97 Å². The highest BCUT2D eigenvalue weighted by molar-refractivity contribution is 7.13. The average molecular weight is 340 g/mol. The topological polar surface area (TPSA) is 78.4 Å². The molecule has 0 fully saturated rings. The first-order valence-electron chi connectivity index (χ1n) is 7.28. The number of thiophene rings is 1. The van der Waals surface area contributed by atoms with Crippen molar-refractivity contribution in [1.82, 2.24) is 10.3 Å². The van der Waals surface area contributed by atoms with E-state index in [2.05, 4.69) is 10.3 Å². The third kappa shape index (κ3) is 2.93. The fourth-order valence-corrected chi connectivity index (χ4v) is 3.00. The summed E-state index contributed by atoms with van der Waals surface area (Å²) in [7, 11) is 0. The molecule has 3 aromatic heterocycles. The molecule has 7 heteroatoms. The van der Waals surface area contributed by atoms with Crippen molar-refractivity contribution in [2.45, 2.75) is 13.0 Å². The van der Waals surface area contributed by atoms with E-state index in [4.69, 9.17) is 13.8 Å². The molecule has 1 aromatic carbocycles. The van der Waals surface area contributed by atoms with Crippen molar-refractivity contribution in [3.05, 3.63) is 59.2 Å². The minimum absolute atomic E-state index is 0.0483. The maximum Gasteiger partial charge on any atom is 0.312 e. The number of para-hydroxylation sites is 1. The van der Waals surface area contributed by atoms with Gasteiger partial charge in [0.05, 0.1) is 11.3 Å². The summed E-state index contributed by atoms with van der Waals surface area (Å²) in [5.41, 5.74) is 1.78. The minimum atomic E-state index is -0.394. The lowest BCUT2D eigenvalue weighted by Crippen LogP contribution is -2.08. The molecule has 0 aliphatic carbocycles. The van der Waals surface area contributed by atoms with E-state index in [1.165, 1.54) is 0 Å². The predicted molar refractivity (Wildman–Crippen MR) is 87.3 cm³/mol. The summed E-state index contributed by atoms with van der Waals surface area (Å²) < 4.78 is 15.7. The molecule has 3 heterocycles. The van der Waals surface area contributed by atoms with Crippen LogP contribution in [0, 0.1) is 0 Å². The Labute approximate surface area is 140 Å². The van der Waals surface area contributed by atoms with Crippen LogP contribution in [-0.2, 0) is 22.6 Å².